The van der Waals surface area contributed by atoms with Crippen LogP contribution in [0.3, 0.4) is 0 Å². The van der Waals surface area contributed by atoms with Crippen molar-refractivity contribution in [3.63, 3.8) is 0 Å². The van der Waals surface area contributed by atoms with Gasteiger partial charge in [0.15, 0.2) is 8.32 Å². The predicted molar refractivity (Wildman–Crippen MR) is 132 cm³/mol. The topological polar surface area (TPSA) is 55.4 Å². The summed E-state index contributed by atoms with van der Waals surface area (Å²) in [7, 11) is 0.716. The van der Waals surface area contributed by atoms with Crippen molar-refractivity contribution in [1.82, 2.24) is 0 Å². The molecule has 0 rings (SSSR count). The average molecular weight is 483 g/mol. The van der Waals surface area contributed by atoms with Crippen LogP contribution < -0.4 is 0 Å². The number of rotatable bonds is 23. The van der Waals surface area contributed by atoms with Crippen LogP contribution in [0.4, 0.5) is 0 Å². The van der Waals surface area contributed by atoms with E-state index in [4.69, 9.17) is 27.2 Å². The molecular formula is C21H50O6Si3. The van der Waals surface area contributed by atoms with Gasteiger partial charge in [-0.25, -0.2) is 9.78 Å². The second kappa shape index (κ2) is 20.0. The van der Waals surface area contributed by atoms with Gasteiger partial charge in [0.05, 0.1) is 13.2 Å². The van der Waals surface area contributed by atoms with Crippen LogP contribution in [0.5, 0.6) is 0 Å². The van der Waals surface area contributed by atoms with Gasteiger partial charge < -0.3 is 17.4 Å². The van der Waals surface area contributed by atoms with E-state index >= 15 is 0 Å². The average Bonchev–Trinajstić information content (AvgIpc) is 2.74. The summed E-state index contributed by atoms with van der Waals surface area (Å²) in [5, 5.41) is 0. The molecule has 6 nitrogen and oxygen atoms in total. The molecule has 0 unspecified atom stereocenters. The fourth-order valence-corrected chi connectivity index (χ4v) is 10.6. The Bertz CT molecular complexity index is 362. The zero-order valence-corrected chi connectivity index (χ0v) is 24.2. The summed E-state index contributed by atoms with van der Waals surface area (Å²) in [4.78, 5) is 9.90. The van der Waals surface area contributed by atoms with Crippen LogP contribution in [-0.2, 0) is 27.2 Å². The molecule has 0 spiro atoms. The molecule has 0 bridgehead atoms. The van der Waals surface area contributed by atoms with E-state index in [2.05, 4.69) is 13.1 Å². The van der Waals surface area contributed by atoms with Crippen LogP contribution in [0.1, 0.15) is 71.1 Å². The van der Waals surface area contributed by atoms with E-state index in [9.17, 15) is 0 Å². The summed E-state index contributed by atoms with van der Waals surface area (Å²) < 4.78 is 22.9. The first-order valence-electron chi connectivity index (χ1n) is 12.0. The molecular weight excluding hydrogens is 432 g/mol. The van der Waals surface area contributed by atoms with E-state index in [0.717, 1.165) is 31.5 Å². The van der Waals surface area contributed by atoms with Crippen molar-refractivity contribution in [2.24, 2.45) is 0 Å². The van der Waals surface area contributed by atoms with Gasteiger partial charge in [0.2, 0.25) is 0 Å². The maximum atomic E-state index is 6.40. The van der Waals surface area contributed by atoms with Gasteiger partial charge in [0.1, 0.15) is 9.76 Å². The minimum atomic E-state index is -2.42. The molecule has 0 atom stereocenters. The second-order valence-electron chi connectivity index (χ2n) is 8.52. The fraction of sp³-hybridized carbons (Fsp3) is 1.00. The lowest BCUT2D eigenvalue weighted by Gasteiger charge is -2.27. The normalized spacial score (nSPS) is 13.0. The Kier molecular flexibility index (Phi) is 20.3. The minimum absolute atomic E-state index is 0.373. The summed E-state index contributed by atoms with van der Waals surface area (Å²) in [5.41, 5.74) is 0. The third kappa shape index (κ3) is 17.0. The van der Waals surface area contributed by atoms with E-state index in [1.54, 1.807) is 21.3 Å². The molecule has 182 valence electrons. The zero-order chi connectivity index (χ0) is 22.6. The van der Waals surface area contributed by atoms with Crippen LogP contribution in [0.2, 0.25) is 31.2 Å². The van der Waals surface area contributed by atoms with Crippen molar-refractivity contribution in [2.75, 3.05) is 34.5 Å². The highest BCUT2D eigenvalue weighted by Gasteiger charge is 2.37. The molecule has 0 aromatic rings. The van der Waals surface area contributed by atoms with Crippen molar-refractivity contribution in [1.29, 1.82) is 0 Å². The predicted octanol–water partition coefficient (Wildman–Crippen LogP) is 5.46. The third-order valence-corrected chi connectivity index (χ3v) is 14.6. The Morgan fingerprint density at radius 3 is 1.70 bits per heavy atom. The van der Waals surface area contributed by atoms with Gasteiger partial charge in [-0.1, -0.05) is 51.4 Å². The summed E-state index contributed by atoms with van der Waals surface area (Å²) >= 11 is 0. The molecule has 0 saturated heterocycles. The molecule has 0 saturated carbocycles. The Morgan fingerprint density at radius 1 is 0.633 bits per heavy atom. The van der Waals surface area contributed by atoms with E-state index in [1.165, 1.54) is 57.4 Å². The molecule has 0 heterocycles. The maximum Gasteiger partial charge on any atom is 0.500 e. The number of hydrogen-bond donors (Lipinski definition) is 0. The second-order valence-corrected chi connectivity index (χ2v) is 17.9. The van der Waals surface area contributed by atoms with Crippen molar-refractivity contribution < 1.29 is 27.2 Å². The molecule has 0 radical (unpaired) electrons. The van der Waals surface area contributed by atoms with E-state index in [0.29, 0.717) is 6.61 Å². The van der Waals surface area contributed by atoms with E-state index in [1.807, 2.05) is 6.92 Å². The first-order chi connectivity index (χ1) is 14.4. The van der Waals surface area contributed by atoms with Crippen LogP contribution in [0.15, 0.2) is 0 Å². The van der Waals surface area contributed by atoms with Crippen LogP contribution >= 0.6 is 0 Å². The highest BCUT2D eigenvalue weighted by atomic mass is 28.4. The molecule has 0 N–H and O–H groups in total. The van der Waals surface area contributed by atoms with Crippen LogP contribution in [0, 0.1) is 0 Å². The Morgan fingerprint density at radius 2 is 1.17 bits per heavy atom. The molecule has 0 aliphatic heterocycles. The smallest absolute Gasteiger partial charge is 0.460 e. The fourth-order valence-electron chi connectivity index (χ4n) is 3.53. The van der Waals surface area contributed by atoms with E-state index < -0.39 is 17.1 Å². The summed E-state index contributed by atoms with van der Waals surface area (Å²) in [6.45, 7) is 8.00. The SMILES string of the molecule is CCOOCCCCCCCCCCC[SiH2]O[Si](C)(C)CCC[Si](OC)(OC)OC. The lowest BCUT2D eigenvalue weighted by Crippen LogP contribution is -2.43. The Labute approximate surface area is 191 Å². The molecule has 9 heteroatoms. The molecule has 0 aromatic heterocycles. The molecule has 0 aliphatic carbocycles. The highest BCUT2D eigenvalue weighted by Crippen LogP contribution is 2.22. The number of hydrogen-bond acceptors (Lipinski definition) is 6. The maximum absolute atomic E-state index is 6.40. The minimum Gasteiger partial charge on any atom is -0.460 e. The third-order valence-electron chi connectivity index (χ3n) is 5.51. The molecule has 30 heavy (non-hydrogen) atoms. The Balaban J connectivity index is 3.50. The van der Waals surface area contributed by atoms with Gasteiger partial charge in [0, 0.05) is 27.4 Å². The molecule has 0 aromatic carbocycles. The van der Waals surface area contributed by atoms with Gasteiger partial charge in [-0.05, 0) is 44.9 Å². The first-order valence-corrected chi connectivity index (χ1v) is 18.6. The Hall–Kier alpha value is 0.411. The molecule has 0 amide bonds. The largest absolute Gasteiger partial charge is 0.500 e. The van der Waals surface area contributed by atoms with Crippen molar-refractivity contribution in [2.45, 2.75) is 102 Å². The van der Waals surface area contributed by atoms with Gasteiger partial charge in [-0.3, -0.25) is 0 Å². The van der Waals surface area contributed by atoms with Crippen molar-refractivity contribution >= 4 is 26.9 Å². The van der Waals surface area contributed by atoms with Gasteiger partial charge in [-0.2, -0.15) is 0 Å². The van der Waals surface area contributed by atoms with Crippen LogP contribution in [-0.4, -0.2) is 61.4 Å². The van der Waals surface area contributed by atoms with Crippen LogP contribution in [0.25, 0.3) is 0 Å². The van der Waals surface area contributed by atoms with Gasteiger partial charge in [0.25, 0.3) is 0 Å². The van der Waals surface area contributed by atoms with Gasteiger partial charge in [-0.15, -0.1) is 0 Å². The van der Waals surface area contributed by atoms with Gasteiger partial charge >= 0.3 is 8.80 Å². The van der Waals surface area contributed by atoms with Crippen molar-refractivity contribution in [3.8, 4) is 0 Å². The number of unbranched alkanes of at least 4 members (excludes halogenated alkanes) is 8. The standard InChI is InChI=1S/C21H50O6Si3/c1-7-25-26-18-15-13-11-9-8-10-12-14-16-19-28-27-29(5,6)20-17-21-30(22-2,23-3)24-4/h7-21,28H2,1-6H3. The lowest BCUT2D eigenvalue weighted by molar-refractivity contribution is -0.291. The summed E-state index contributed by atoms with van der Waals surface area (Å²) in [6, 6.07) is 3.35. The summed E-state index contributed by atoms with van der Waals surface area (Å²) in [5.74, 6) is 0. The molecule has 0 fully saturated rings. The highest BCUT2D eigenvalue weighted by molar-refractivity contribution is 6.75. The van der Waals surface area contributed by atoms with E-state index in [-0.39, 0.29) is 9.76 Å². The zero-order valence-electron chi connectivity index (χ0n) is 20.8. The summed E-state index contributed by atoms with van der Waals surface area (Å²) in [6.07, 6.45) is 12.9. The van der Waals surface area contributed by atoms with Crippen molar-refractivity contribution in [3.05, 3.63) is 0 Å². The quantitative estimate of drug-likeness (QED) is 0.0834. The molecule has 0 aliphatic rings. The monoisotopic (exact) mass is 482 g/mol. The lowest BCUT2D eigenvalue weighted by atomic mass is 10.1. The first kappa shape index (κ1) is 30.4.